The van der Waals surface area contributed by atoms with Crippen molar-refractivity contribution in [3.63, 3.8) is 0 Å². The topological polar surface area (TPSA) is 68.4 Å². The van der Waals surface area contributed by atoms with Crippen molar-refractivity contribution < 1.29 is 14.4 Å². The van der Waals surface area contributed by atoms with Crippen LogP contribution in [-0.2, 0) is 6.42 Å². The highest BCUT2D eigenvalue weighted by Crippen LogP contribution is 2.27. The van der Waals surface area contributed by atoms with E-state index in [4.69, 9.17) is 9.26 Å². The summed E-state index contributed by atoms with van der Waals surface area (Å²) in [5.74, 6) is 1.79. The number of aliphatic hydroxyl groups excluding tert-OH is 1. The minimum atomic E-state index is -0.369. The van der Waals surface area contributed by atoms with Gasteiger partial charge in [0, 0.05) is 6.42 Å². The number of para-hydroxylation sites is 1. The van der Waals surface area contributed by atoms with E-state index in [9.17, 15) is 5.11 Å². The van der Waals surface area contributed by atoms with Crippen LogP contribution in [-0.4, -0.2) is 28.0 Å². The summed E-state index contributed by atoms with van der Waals surface area (Å²) in [4.78, 5) is 4.33. The molecule has 1 aromatic carbocycles. The van der Waals surface area contributed by atoms with Crippen LogP contribution < -0.4 is 4.74 Å². The summed E-state index contributed by atoms with van der Waals surface area (Å²) >= 11 is 0. The fourth-order valence-corrected chi connectivity index (χ4v) is 1.73. The molecular weight excluding hydrogens is 244 g/mol. The molecule has 1 heterocycles. The Bertz CT molecular complexity index is 523. The van der Waals surface area contributed by atoms with Gasteiger partial charge in [0.05, 0.1) is 18.3 Å². The van der Waals surface area contributed by atoms with Crippen LogP contribution in [0.4, 0.5) is 0 Å². The molecule has 1 aromatic heterocycles. The SMILES string of the molecule is CCOc1ccccc1-c1noc(CCC(C)O)n1. The number of ether oxygens (including phenoxy) is 1. The lowest BCUT2D eigenvalue weighted by molar-refractivity contribution is 0.180. The molecule has 0 spiro atoms. The molecule has 2 rings (SSSR count). The average molecular weight is 262 g/mol. The Morgan fingerprint density at radius 2 is 2.16 bits per heavy atom. The molecule has 5 heteroatoms. The van der Waals surface area contributed by atoms with Crippen LogP contribution in [0, 0.1) is 0 Å². The number of nitrogens with zero attached hydrogens (tertiary/aromatic N) is 2. The molecule has 0 bridgehead atoms. The number of hydrogen-bond acceptors (Lipinski definition) is 5. The standard InChI is InChI=1S/C14H18N2O3/c1-3-18-12-7-5-4-6-11(12)14-15-13(19-16-14)9-8-10(2)17/h4-7,10,17H,3,8-9H2,1-2H3. The highest BCUT2D eigenvalue weighted by Gasteiger charge is 2.13. The van der Waals surface area contributed by atoms with Crippen LogP contribution in [0.1, 0.15) is 26.2 Å². The Balaban J connectivity index is 2.18. The smallest absolute Gasteiger partial charge is 0.227 e. The fourth-order valence-electron chi connectivity index (χ4n) is 1.73. The van der Waals surface area contributed by atoms with Crippen molar-refractivity contribution in [2.45, 2.75) is 32.8 Å². The second kappa shape index (κ2) is 6.33. The molecule has 0 radical (unpaired) electrons. The van der Waals surface area contributed by atoms with Crippen molar-refractivity contribution in [1.82, 2.24) is 10.1 Å². The maximum absolute atomic E-state index is 9.24. The Hall–Kier alpha value is -1.88. The van der Waals surface area contributed by atoms with E-state index in [0.29, 0.717) is 31.2 Å². The largest absolute Gasteiger partial charge is 0.493 e. The molecule has 1 unspecified atom stereocenters. The summed E-state index contributed by atoms with van der Waals surface area (Å²) in [6.07, 6.45) is 0.807. The monoisotopic (exact) mass is 262 g/mol. The highest BCUT2D eigenvalue weighted by molar-refractivity contribution is 5.63. The van der Waals surface area contributed by atoms with E-state index >= 15 is 0 Å². The van der Waals surface area contributed by atoms with E-state index in [1.807, 2.05) is 31.2 Å². The molecule has 5 nitrogen and oxygen atoms in total. The predicted molar refractivity (Wildman–Crippen MR) is 70.9 cm³/mol. The molecule has 0 saturated carbocycles. The maximum atomic E-state index is 9.24. The number of aryl methyl sites for hydroxylation is 1. The number of hydrogen-bond donors (Lipinski definition) is 1. The van der Waals surface area contributed by atoms with Crippen molar-refractivity contribution in [2.24, 2.45) is 0 Å². The van der Waals surface area contributed by atoms with Crippen LogP contribution in [0.15, 0.2) is 28.8 Å². The van der Waals surface area contributed by atoms with Gasteiger partial charge in [0.1, 0.15) is 5.75 Å². The van der Waals surface area contributed by atoms with Gasteiger partial charge in [-0.3, -0.25) is 0 Å². The minimum Gasteiger partial charge on any atom is -0.493 e. The van der Waals surface area contributed by atoms with Gasteiger partial charge in [-0.05, 0) is 32.4 Å². The van der Waals surface area contributed by atoms with Crippen molar-refractivity contribution >= 4 is 0 Å². The summed E-state index contributed by atoms with van der Waals surface area (Å²) < 4.78 is 10.7. The molecule has 0 amide bonds. The number of aliphatic hydroxyl groups is 1. The number of benzene rings is 1. The van der Waals surface area contributed by atoms with Gasteiger partial charge in [-0.25, -0.2) is 0 Å². The predicted octanol–water partition coefficient (Wildman–Crippen LogP) is 2.45. The summed E-state index contributed by atoms with van der Waals surface area (Å²) in [6.45, 7) is 4.26. The molecule has 0 aliphatic rings. The highest BCUT2D eigenvalue weighted by atomic mass is 16.5. The van der Waals surface area contributed by atoms with Crippen molar-refractivity contribution in [1.29, 1.82) is 0 Å². The van der Waals surface area contributed by atoms with Gasteiger partial charge in [0.25, 0.3) is 0 Å². The zero-order chi connectivity index (χ0) is 13.7. The van der Waals surface area contributed by atoms with Gasteiger partial charge in [-0.2, -0.15) is 4.98 Å². The van der Waals surface area contributed by atoms with E-state index in [-0.39, 0.29) is 6.10 Å². The molecule has 0 aliphatic heterocycles. The lowest BCUT2D eigenvalue weighted by Crippen LogP contribution is -2.01. The Labute approximate surface area is 112 Å². The molecule has 102 valence electrons. The number of rotatable bonds is 6. The molecule has 0 saturated heterocycles. The van der Waals surface area contributed by atoms with Gasteiger partial charge in [0.15, 0.2) is 0 Å². The first-order valence-corrected chi connectivity index (χ1v) is 6.43. The molecule has 1 atom stereocenters. The molecule has 19 heavy (non-hydrogen) atoms. The van der Waals surface area contributed by atoms with Crippen molar-refractivity contribution in [2.75, 3.05) is 6.61 Å². The van der Waals surface area contributed by atoms with Gasteiger partial charge in [-0.15, -0.1) is 0 Å². The Kier molecular flexibility index (Phi) is 4.52. The molecule has 2 aromatic rings. The number of aromatic nitrogens is 2. The van der Waals surface area contributed by atoms with Crippen LogP contribution >= 0.6 is 0 Å². The van der Waals surface area contributed by atoms with E-state index in [2.05, 4.69) is 10.1 Å². The lowest BCUT2D eigenvalue weighted by atomic mass is 10.2. The third-order valence-electron chi connectivity index (χ3n) is 2.67. The maximum Gasteiger partial charge on any atom is 0.227 e. The first-order chi connectivity index (χ1) is 9.20. The quantitative estimate of drug-likeness (QED) is 0.866. The minimum absolute atomic E-state index is 0.369. The zero-order valence-electron chi connectivity index (χ0n) is 11.2. The summed E-state index contributed by atoms with van der Waals surface area (Å²) in [6, 6.07) is 7.59. The van der Waals surface area contributed by atoms with E-state index in [1.54, 1.807) is 6.92 Å². The second-order valence-electron chi connectivity index (χ2n) is 4.33. The van der Waals surface area contributed by atoms with Crippen molar-refractivity contribution in [3.8, 4) is 17.1 Å². The fraction of sp³-hybridized carbons (Fsp3) is 0.429. The van der Waals surface area contributed by atoms with Crippen LogP contribution in [0.2, 0.25) is 0 Å². The lowest BCUT2D eigenvalue weighted by Gasteiger charge is -2.06. The van der Waals surface area contributed by atoms with Gasteiger partial charge >= 0.3 is 0 Å². The van der Waals surface area contributed by atoms with Crippen LogP contribution in [0.3, 0.4) is 0 Å². The van der Waals surface area contributed by atoms with Gasteiger partial charge in [0.2, 0.25) is 11.7 Å². The third kappa shape index (κ3) is 3.54. The average Bonchev–Trinajstić information content (AvgIpc) is 2.86. The normalized spacial score (nSPS) is 12.4. The summed E-state index contributed by atoms with van der Waals surface area (Å²) in [5, 5.41) is 13.2. The van der Waals surface area contributed by atoms with Gasteiger partial charge < -0.3 is 14.4 Å². The van der Waals surface area contributed by atoms with Crippen molar-refractivity contribution in [3.05, 3.63) is 30.2 Å². The van der Waals surface area contributed by atoms with E-state index < -0.39 is 0 Å². The molecule has 0 aliphatic carbocycles. The second-order valence-corrected chi connectivity index (χ2v) is 4.33. The third-order valence-corrected chi connectivity index (χ3v) is 2.67. The Morgan fingerprint density at radius 1 is 1.37 bits per heavy atom. The summed E-state index contributed by atoms with van der Waals surface area (Å²) in [5.41, 5.74) is 0.816. The first kappa shape index (κ1) is 13.5. The molecule has 1 N–H and O–H groups in total. The molecular formula is C14H18N2O3. The van der Waals surface area contributed by atoms with E-state index in [1.165, 1.54) is 0 Å². The molecule has 0 fully saturated rings. The Morgan fingerprint density at radius 3 is 2.89 bits per heavy atom. The van der Waals surface area contributed by atoms with E-state index in [0.717, 1.165) is 11.3 Å². The zero-order valence-corrected chi connectivity index (χ0v) is 11.2. The first-order valence-electron chi connectivity index (χ1n) is 6.43. The van der Waals surface area contributed by atoms with Gasteiger partial charge in [-0.1, -0.05) is 17.3 Å². The van der Waals surface area contributed by atoms with Crippen LogP contribution in [0.5, 0.6) is 5.75 Å². The summed E-state index contributed by atoms with van der Waals surface area (Å²) in [7, 11) is 0. The van der Waals surface area contributed by atoms with Crippen LogP contribution in [0.25, 0.3) is 11.4 Å².